The van der Waals surface area contributed by atoms with Crippen LogP contribution in [0.4, 0.5) is 28.9 Å². The number of anilines is 2. The third kappa shape index (κ3) is 14.5. The van der Waals surface area contributed by atoms with Crippen molar-refractivity contribution in [1.29, 1.82) is 0 Å². The lowest BCUT2D eigenvalue weighted by atomic mass is 9.85. The van der Waals surface area contributed by atoms with Gasteiger partial charge in [-0.05, 0) is 122 Å². The number of hydrogen-bond donors (Lipinski definition) is 5. The SMILES string of the molecule is Cc1ncsc1-c1ccc(CNC(=O)C2C[C@@H](O)CN2C(=O)[C@@H](NC(=O)C2(F)CC2)C(C)(C)C)c(OCC(=O)CCCCCNCCCOCC(=O)c2ccc(F)c(F)c2Nc2ccc(I)cc2F)c1. The van der Waals surface area contributed by atoms with E-state index in [4.69, 9.17) is 9.47 Å². The van der Waals surface area contributed by atoms with Gasteiger partial charge in [0.2, 0.25) is 11.8 Å². The number of amides is 3. The second-order valence-corrected chi connectivity index (χ2v) is 20.8. The standard InChI is InChI=1S/C50H59F4IN6O8S/c1-29-44(70-28-58-29)30-10-11-31(24-57-46(65)39-23-34(63)25-61(39)47(66)45(49(2,3)4)60-48(67)50(54)16-17-50)41(21-30)69-26-33(62)9-6-5-7-18-56-19-8-20-68-27-40(64)35-13-14-36(51)42(53)43(35)59-38-15-12-32(55)22-37(38)52/h10-15,21-22,28,34,39,45,56,59,63H,5-9,16-20,23-27H2,1-4H3,(H,57,65)(H,60,67)/t34-,39?,45-/m1/s1. The maximum atomic E-state index is 14.7. The number of benzene rings is 3. The van der Waals surface area contributed by atoms with Gasteiger partial charge in [-0.3, -0.25) is 24.0 Å². The summed E-state index contributed by atoms with van der Waals surface area (Å²) in [4.78, 5) is 72.7. The molecule has 1 aliphatic carbocycles. The Morgan fingerprint density at radius 3 is 2.43 bits per heavy atom. The molecule has 3 atom stereocenters. The first-order chi connectivity index (χ1) is 33.2. The van der Waals surface area contributed by atoms with Gasteiger partial charge in [0.25, 0.3) is 5.91 Å². The third-order valence-electron chi connectivity index (χ3n) is 12.0. The fraction of sp³-hybridized carbons (Fsp3) is 0.480. The van der Waals surface area contributed by atoms with Crippen molar-refractivity contribution in [2.45, 2.75) is 109 Å². The van der Waals surface area contributed by atoms with Gasteiger partial charge in [-0.25, -0.2) is 22.5 Å². The number of aliphatic hydroxyl groups excluding tert-OH is 1. The zero-order valence-electron chi connectivity index (χ0n) is 39.5. The van der Waals surface area contributed by atoms with E-state index < -0.39 is 75.9 Å². The lowest BCUT2D eigenvalue weighted by Gasteiger charge is -2.35. The number of likely N-dealkylation sites (tertiary alicyclic amines) is 1. The Morgan fingerprint density at radius 2 is 1.73 bits per heavy atom. The van der Waals surface area contributed by atoms with Crippen LogP contribution in [0.15, 0.2) is 54.0 Å². The van der Waals surface area contributed by atoms with E-state index in [1.807, 2.05) is 35.6 Å². The first-order valence-corrected chi connectivity index (χ1v) is 25.2. The predicted octanol–water partition coefficient (Wildman–Crippen LogP) is 7.88. The number of halogens is 5. The number of aryl methyl sites for hydroxylation is 1. The lowest BCUT2D eigenvalue weighted by molar-refractivity contribution is -0.145. The van der Waals surface area contributed by atoms with E-state index in [1.54, 1.807) is 44.5 Å². The van der Waals surface area contributed by atoms with Crippen LogP contribution < -0.4 is 26.0 Å². The van der Waals surface area contributed by atoms with Crippen molar-refractivity contribution in [3.8, 4) is 16.2 Å². The molecule has 1 aromatic heterocycles. The Bertz CT molecular complexity index is 2540. The maximum absolute atomic E-state index is 14.7. The summed E-state index contributed by atoms with van der Waals surface area (Å²) < 4.78 is 70.1. The Balaban J connectivity index is 0.922. The average Bonchev–Trinajstić information content (AvgIpc) is 3.72. The van der Waals surface area contributed by atoms with E-state index in [9.17, 15) is 46.6 Å². The van der Waals surface area contributed by atoms with Gasteiger partial charge in [0.1, 0.15) is 36.9 Å². The zero-order chi connectivity index (χ0) is 50.8. The predicted molar refractivity (Wildman–Crippen MR) is 265 cm³/mol. The average molecular weight is 1110 g/mol. The molecule has 1 unspecified atom stereocenters. The Morgan fingerprint density at radius 1 is 0.971 bits per heavy atom. The van der Waals surface area contributed by atoms with E-state index in [-0.39, 0.29) is 75.6 Å². The summed E-state index contributed by atoms with van der Waals surface area (Å²) in [7, 11) is 0. The number of ketones is 2. The van der Waals surface area contributed by atoms with Crippen LogP contribution in [0.5, 0.6) is 5.75 Å². The number of aliphatic hydroxyl groups is 1. The number of hydrogen-bond acceptors (Lipinski definition) is 12. The first-order valence-electron chi connectivity index (χ1n) is 23.2. The molecule has 2 fully saturated rings. The maximum Gasteiger partial charge on any atom is 0.258 e. The number of nitrogens with one attached hydrogen (secondary N) is 4. The number of aromatic nitrogens is 1. The van der Waals surface area contributed by atoms with Gasteiger partial charge >= 0.3 is 0 Å². The molecule has 4 aromatic rings. The van der Waals surface area contributed by atoms with Crippen LogP contribution in [-0.2, 0) is 30.5 Å². The number of rotatable bonds is 25. The summed E-state index contributed by atoms with van der Waals surface area (Å²) in [6.45, 7) is 7.83. The van der Waals surface area contributed by atoms with Crippen molar-refractivity contribution in [1.82, 2.24) is 25.8 Å². The summed E-state index contributed by atoms with van der Waals surface area (Å²) >= 11 is 3.37. The van der Waals surface area contributed by atoms with Gasteiger partial charge < -0.3 is 40.7 Å². The van der Waals surface area contributed by atoms with E-state index in [0.717, 1.165) is 41.1 Å². The summed E-state index contributed by atoms with van der Waals surface area (Å²) in [5.41, 5.74) is 0.365. The molecule has 1 aliphatic heterocycles. The monoisotopic (exact) mass is 1110 g/mol. The van der Waals surface area contributed by atoms with E-state index in [1.165, 1.54) is 28.4 Å². The van der Waals surface area contributed by atoms with E-state index in [2.05, 4.69) is 26.3 Å². The van der Waals surface area contributed by atoms with Crippen molar-refractivity contribution >= 4 is 74.6 Å². The Hall–Kier alpha value is -5.03. The number of nitrogens with zero attached hydrogens (tertiary/aromatic N) is 2. The van der Waals surface area contributed by atoms with Crippen LogP contribution in [0, 0.1) is 33.4 Å². The highest BCUT2D eigenvalue weighted by Gasteiger charge is 2.53. The van der Waals surface area contributed by atoms with Gasteiger partial charge in [-0.2, -0.15) is 0 Å². The summed E-state index contributed by atoms with van der Waals surface area (Å²) in [5.74, 6) is -5.49. The van der Waals surface area contributed by atoms with Gasteiger partial charge in [-0.15, -0.1) is 11.3 Å². The molecule has 6 rings (SSSR count). The molecule has 3 aromatic carbocycles. The van der Waals surface area contributed by atoms with Crippen molar-refractivity contribution in [3.05, 3.63) is 91.9 Å². The van der Waals surface area contributed by atoms with Crippen molar-refractivity contribution in [2.24, 2.45) is 5.41 Å². The van der Waals surface area contributed by atoms with Crippen LogP contribution in [0.3, 0.4) is 0 Å². The van der Waals surface area contributed by atoms with Crippen LogP contribution in [0.1, 0.15) is 93.8 Å². The van der Waals surface area contributed by atoms with Crippen molar-refractivity contribution < 1.29 is 56.1 Å². The second-order valence-electron chi connectivity index (χ2n) is 18.7. The zero-order valence-corrected chi connectivity index (χ0v) is 42.5. The summed E-state index contributed by atoms with van der Waals surface area (Å²) in [6.07, 6.45) is 2.19. The summed E-state index contributed by atoms with van der Waals surface area (Å²) in [6, 6.07) is 9.40. The number of carbonyl (C=O) groups excluding carboxylic acids is 5. The van der Waals surface area contributed by atoms with Crippen molar-refractivity contribution in [2.75, 3.05) is 44.8 Å². The van der Waals surface area contributed by atoms with Gasteiger partial charge in [0.15, 0.2) is 28.9 Å². The number of unbranched alkanes of at least 4 members (excludes halogenated alkanes) is 2. The highest BCUT2D eigenvalue weighted by molar-refractivity contribution is 14.1. The molecule has 2 aliphatic rings. The molecule has 20 heteroatoms. The Kier molecular flexibility index (Phi) is 18.9. The molecule has 0 radical (unpaired) electrons. The minimum atomic E-state index is -2.00. The number of ether oxygens (including phenoxy) is 2. The number of carbonyl (C=O) groups is 5. The van der Waals surface area contributed by atoms with Crippen molar-refractivity contribution in [3.63, 3.8) is 0 Å². The molecule has 1 saturated carbocycles. The molecule has 5 N–H and O–H groups in total. The van der Waals surface area contributed by atoms with Gasteiger partial charge in [0.05, 0.1) is 33.6 Å². The molecular formula is C50H59F4IN6O8S. The molecule has 14 nitrogen and oxygen atoms in total. The van der Waals surface area contributed by atoms with Gasteiger partial charge in [0, 0.05) is 47.2 Å². The number of thiazole rings is 1. The molecule has 2 heterocycles. The fourth-order valence-corrected chi connectivity index (χ4v) is 9.11. The fourth-order valence-electron chi connectivity index (χ4n) is 7.85. The molecule has 1 saturated heterocycles. The molecular weight excluding hydrogens is 1050 g/mol. The van der Waals surface area contributed by atoms with E-state index in [0.29, 0.717) is 40.8 Å². The van der Waals surface area contributed by atoms with Crippen LogP contribution in [-0.4, -0.2) is 108 Å². The van der Waals surface area contributed by atoms with Crippen LogP contribution in [0.25, 0.3) is 10.4 Å². The first kappa shape index (κ1) is 54.3. The topological polar surface area (TPSA) is 188 Å². The quantitative estimate of drug-likeness (QED) is 0.0188. The number of alkyl halides is 1. The molecule has 378 valence electrons. The number of β-amino-alcohol motifs (C(OH)–C–C–N with tert-alkyl or cyclic N) is 1. The molecule has 70 heavy (non-hydrogen) atoms. The largest absolute Gasteiger partial charge is 0.485 e. The third-order valence-corrected chi connectivity index (χ3v) is 13.7. The minimum absolute atomic E-state index is 0.0200. The highest BCUT2D eigenvalue weighted by Crippen LogP contribution is 2.41. The van der Waals surface area contributed by atoms with E-state index >= 15 is 0 Å². The van der Waals surface area contributed by atoms with Gasteiger partial charge in [-0.1, -0.05) is 39.3 Å². The second kappa shape index (κ2) is 24.4. The highest BCUT2D eigenvalue weighted by atomic mass is 127. The lowest BCUT2D eigenvalue weighted by Crippen LogP contribution is -2.59. The minimum Gasteiger partial charge on any atom is -0.485 e. The van der Waals surface area contributed by atoms with Crippen LogP contribution >= 0.6 is 33.9 Å². The van der Waals surface area contributed by atoms with Crippen LogP contribution in [0.2, 0.25) is 0 Å². The molecule has 0 spiro atoms. The molecule has 3 amide bonds. The molecule has 0 bridgehead atoms. The Labute approximate surface area is 422 Å². The normalized spacial score (nSPS) is 16.7. The summed E-state index contributed by atoms with van der Waals surface area (Å²) in [5, 5.41) is 21.8. The number of Topliss-reactive ketones (excluding diaryl/α,β-unsaturated/α-hetero) is 2. The smallest absolute Gasteiger partial charge is 0.258 e.